The molecule has 4 aliphatic rings. The molecule has 0 aromatic heterocycles. The zero-order valence-corrected chi connectivity index (χ0v) is 43.0. The minimum absolute atomic E-state index is 0.0764. The largest absolute Gasteiger partial charge is 0.490 e. The lowest BCUT2D eigenvalue weighted by Gasteiger charge is -2.37. The predicted octanol–water partition coefficient (Wildman–Crippen LogP) is 13.7. The van der Waals surface area contributed by atoms with Crippen molar-refractivity contribution >= 4 is 33.5 Å². The third-order valence-corrected chi connectivity index (χ3v) is 16.2. The van der Waals surface area contributed by atoms with Crippen molar-refractivity contribution in [3.05, 3.63) is 119 Å². The van der Waals surface area contributed by atoms with E-state index in [-0.39, 0.29) is 30.0 Å². The van der Waals surface area contributed by atoms with Crippen LogP contribution >= 0.6 is 0 Å². The molecule has 2 aliphatic carbocycles. The lowest BCUT2D eigenvalue weighted by molar-refractivity contribution is -0.149. The van der Waals surface area contributed by atoms with E-state index < -0.39 is 5.97 Å². The third kappa shape index (κ3) is 12.7. The first kappa shape index (κ1) is 50.5. The molecule has 2 heterocycles. The van der Waals surface area contributed by atoms with E-state index in [1.54, 1.807) is 0 Å². The molecule has 69 heavy (non-hydrogen) atoms. The molecule has 9 rings (SSSR count). The molecule has 5 aromatic carbocycles. The number of hydrogen-bond donors (Lipinski definition) is 1. The maximum absolute atomic E-state index is 12.8. The molecular formula is C61H80N2O6. The monoisotopic (exact) mass is 937 g/mol. The third-order valence-electron chi connectivity index (χ3n) is 16.2. The van der Waals surface area contributed by atoms with Gasteiger partial charge in [0.05, 0.1) is 24.0 Å². The van der Waals surface area contributed by atoms with E-state index >= 15 is 0 Å². The number of hydrogen-bond acceptors (Lipinski definition) is 7. The first-order valence-corrected chi connectivity index (χ1v) is 26.2. The average Bonchev–Trinajstić information content (AvgIpc) is 4.02. The van der Waals surface area contributed by atoms with Gasteiger partial charge in [-0.25, -0.2) is 0 Å². The van der Waals surface area contributed by atoms with Crippen LogP contribution in [0.1, 0.15) is 134 Å². The first-order chi connectivity index (χ1) is 33.0. The van der Waals surface area contributed by atoms with Gasteiger partial charge >= 0.3 is 11.9 Å². The van der Waals surface area contributed by atoms with Gasteiger partial charge in [-0.15, -0.1) is 0 Å². The van der Waals surface area contributed by atoms with Gasteiger partial charge in [0.1, 0.15) is 18.1 Å². The molecule has 4 fully saturated rings. The van der Waals surface area contributed by atoms with Crippen LogP contribution in [0.25, 0.3) is 21.5 Å². The molecule has 8 nitrogen and oxygen atoms in total. The molecule has 0 amide bonds. The van der Waals surface area contributed by atoms with Crippen LogP contribution in [0.2, 0.25) is 0 Å². The van der Waals surface area contributed by atoms with E-state index in [1.807, 2.05) is 30.3 Å². The fourth-order valence-corrected chi connectivity index (χ4v) is 11.8. The van der Waals surface area contributed by atoms with Crippen LogP contribution in [0.15, 0.2) is 91.0 Å². The molecule has 0 radical (unpaired) electrons. The average molecular weight is 937 g/mol. The summed E-state index contributed by atoms with van der Waals surface area (Å²) in [6, 6.07) is 31.6. The minimum atomic E-state index is -0.677. The second kappa shape index (κ2) is 22.0. The number of carboxylic acids is 1. The number of rotatable bonds is 12. The summed E-state index contributed by atoms with van der Waals surface area (Å²) in [7, 11) is 0. The van der Waals surface area contributed by atoms with E-state index in [0.717, 1.165) is 100 Å². The number of fused-ring (bicyclic) bond motifs is 2. The highest BCUT2D eigenvalue weighted by Gasteiger charge is 2.35. The van der Waals surface area contributed by atoms with E-state index in [9.17, 15) is 14.7 Å². The number of aliphatic carboxylic acids is 1. The number of ether oxygens (including phenoxy) is 3. The summed E-state index contributed by atoms with van der Waals surface area (Å²) in [5, 5.41) is 14.4. The highest BCUT2D eigenvalue weighted by Crippen LogP contribution is 2.43. The zero-order valence-electron chi connectivity index (χ0n) is 43.0. The minimum Gasteiger partial charge on any atom is -0.490 e. The summed E-state index contributed by atoms with van der Waals surface area (Å²) in [6.07, 6.45) is 11.5. The maximum Gasteiger partial charge on any atom is 0.310 e. The molecule has 2 saturated carbocycles. The van der Waals surface area contributed by atoms with Gasteiger partial charge in [0.2, 0.25) is 0 Å². The van der Waals surface area contributed by atoms with Crippen molar-refractivity contribution in [2.45, 2.75) is 152 Å². The number of nitrogens with zero attached hydrogens (tertiary/aromatic N) is 2. The highest BCUT2D eigenvalue weighted by molar-refractivity contribution is 5.91. The Morgan fingerprint density at radius 2 is 0.957 bits per heavy atom. The zero-order chi connectivity index (χ0) is 48.9. The topological polar surface area (TPSA) is 88.5 Å². The van der Waals surface area contributed by atoms with Crippen molar-refractivity contribution in [3.63, 3.8) is 0 Å². The normalized spacial score (nSPS) is 23.7. The van der Waals surface area contributed by atoms with Gasteiger partial charge in [0, 0.05) is 37.3 Å². The molecule has 1 N–H and O–H groups in total. The molecule has 2 atom stereocenters. The van der Waals surface area contributed by atoms with Crippen molar-refractivity contribution in [1.82, 2.24) is 9.80 Å². The van der Waals surface area contributed by atoms with Crippen molar-refractivity contribution in [2.24, 2.45) is 34.5 Å². The lowest BCUT2D eigenvalue weighted by Crippen LogP contribution is -2.31. The van der Waals surface area contributed by atoms with Gasteiger partial charge in [-0.05, 0) is 164 Å². The number of carboxylic acid groups (broad SMARTS) is 1. The van der Waals surface area contributed by atoms with Gasteiger partial charge in [0.15, 0.2) is 0 Å². The number of aryl methyl sites for hydroxylation is 2. The Balaban J connectivity index is 0.000000190. The summed E-state index contributed by atoms with van der Waals surface area (Å²) in [4.78, 5) is 28.9. The number of esters is 1. The molecule has 2 aliphatic heterocycles. The van der Waals surface area contributed by atoms with Crippen LogP contribution in [-0.4, -0.2) is 65.2 Å². The summed E-state index contributed by atoms with van der Waals surface area (Å²) in [5.41, 5.74) is 6.72. The van der Waals surface area contributed by atoms with Gasteiger partial charge in [-0.3, -0.25) is 19.4 Å². The van der Waals surface area contributed by atoms with Crippen LogP contribution in [0.5, 0.6) is 11.5 Å². The Bertz CT molecular complexity index is 2520. The van der Waals surface area contributed by atoms with Crippen LogP contribution in [-0.2, 0) is 34.0 Å². The van der Waals surface area contributed by atoms with Crippen LogP contribution in [0, 0.1) is 48.3 Å². The van der Waals surface area contributed by atoms with E-state index in [4.69, 9.17) is 14.2 Å². The number of carbonyl (C=O) groups is 2. The Kier molecular flexibility index (Phi) is 16.1. The fraction of sp³-hybridized carbons (Fsp3) is 0.541. The number of likely N-dealkylation sites (tertiary alicyclic amines) is 2. The molecule has 2 saturated heterocycles. The van der Waals surface area contributed by atoms with Gasteiger partial charge in [0.25, 0.3) is 0 Å². The summed E-state index contributed by atoms with van der Waals surface area (Å²) in [5.74, 6) is 2.46. The Labute approximate surface area is 413 Å². The van der Waals surface area contributed by atoms with Gasteiger partial charge < -0.3 is 19.3 Å². The van der Waals surface area contributed by atoms with Crippen molar-refractivity contribution in [3.8, 4) is 11.5 Å². The van der Waals surface area contributed by atoms with E-state index in [1.165, 1.54) is 69.5 Å². The molecule has 8 heteroatoms. The first-order valence-electron chi connectivity index (χ1n) is 26.2. The smallest absolute Gasteiger partial charge is 0.310 e. The number of carbonyl (C=O) groups excluding carboxylic acids is 1. The Morgan fingerprint density at radius 3 is 1.38 bits per heavy atom. The van der Waals surface area contributed by atoms with Crippen LogP contribution < -0.4 is 9.47 Å². The second-order valence-corrected chi connectivity index (χ2v) is 23.2. The van der Waals surface area contributed by atoms with Gasteiger partial charge in [-0.2, -0.15) is 0 Å². The van der Waals surface area contributed by atoms with Crippen molar-refractivity contribution in [1.29, 1.82) is 0 Å². The second-order valence-electron chi connectivity index (χ2n) is 23.2. The van der Waals surface area contributed by atoms with Gasteiger partial charge in [-0.1, -0.05) is 120 Å². The van der Waals surface area contributed by atoms with Crippen LogP contribution in [0.3, 0.4) is 0 Å². The predicted molar refractivity (Wildman–Crippen MR) is 280 cm³/mol. The SMILES string of the molecule is Cc1cc(OC2CCC(C(C)(C)C)CC2)c(CN2CC[C@H](C(=O)O)C2)c2ccccc12.Cc1cc(OC2CCC(C(C)(C)C)CC2)c(CN2CC[C@H](C(=O)OCc3ccccc3)C2)c2ccccc12. The van der Waals surface area contributed by atoms with E-state index in [0.29, 0.717) is 24.0 Å². The highest BCUT2D eigenvalue weighted by atomic mass is 16.5. The van der Waals surface area contributed by atoms with E-state index in [2.05, 4.69) is 126 Å². The summed E-state index contributed by atoms with van der Waals surface area (Å²) < 4.78 is 19.1. The molecule has 0 bridgehead atoms. The quantitative estimate of drug-likeness (QED) is 0.124. The lowest BCUT2D eigenvalue weighted by atomic mass is 9.72. The van der Waals surface area contributed by atoms with Crippen molar-refractivity contribution < 1.29 is 28.9 Å². The standard InChI is InChI=1S/C34H43NO3.C27H37NO3/c1-24-20-32(38-28-16-14-27(15-17-28)34(2,3)4)31(30-13-9-8-12-29(24)30)22-35-19-18-26(21-35)33(36)37-23-25-10-6-5-7-11-25;1-18-15-25(31-21-11-9-20(10-12-21)27(2,3)4)24(23-8-6-5-7-22(18)23)17-28-14-13-19(16-28)26(29)30/h5-13,20,26-28H,14-19,21-23H2,1-4H3;5-8,15,19-21H,9-14,16-17H2,1-4H3,(H,29,30)/t26-,27?,28?;19-,20?,21?/m00/s1. The Morgan fingerprint density at radius 1 is 0.551 bits per heavy atom. The molecular weight excluding hydrogens is 857 g/mol. The number of benzene rings is 5. The Hall–Kier alpha value is -4.92. The van der Waals surface area contributed by atoms with Crippen LogP contribution in [0.4, 0.5) is 0 Å². The maximum atomic E-state index is 12.8. The molecule has 0 unspecified atom stereocenters. The summed E-state index contributed by atoms with van der Waals surface area (Å²) in [6.45, 7) is 23.4. The molecule has 370 valence electrons. The van der Waals surface area contributed by atoms with Crippen molar-refractivity contribution in [2.75, 3.05) is 26.2 Å². The summed E-state index contributed by atoms with van der Waals surface area (Å²) >= 11 is 0. The fourth-order valence-electron chi connectivity index (χ4n) is 11.8. The molecule has 5 aromatic rings. The molecule has 0 spiro atoms.